The van der Waals surface area contributed by atoms with Gasteiger partial charge in [-0.2, -0.15) is 0 Å². The van der Waals surface area contributed by atoms with Crippen molar-refractivity contribution in [2.24, 2.45) is 0 Å². The number of carboxylic acid groups (broad SMARTS) is 1. The zero-order valence-corrected chi connectivity index (χ0v) is 13.3. The van der Waals surface area contributed by atoms with E-state index in [9.17, 15) is 9.90 Å². The second kappa shape index (κ2) is 5.69. The molecule has 1 unspecified atom stereocenters. The molecule has 1 aromatic carbocycles. The van der Waals surface area contributed by atoms with Crippen molar-refractivity contribution < 1.29 is 14.6 Å². The molecular formula is C15H15NO3S2. The lowest BCUT2D eigenvalue weighted by atomic mass is 10.1. The molecule has 0 bridgehead atoms. The highest BCUT2D eigenvalue weighted by Gasteiger charge is 2.28. The van der Waals surface area contributed by atoms with Crippen molar-refractivity contribution in [3.8, 4) is 5.75 Å². The number of fused-ring (bicyclic) bond motifs is 1. The lowest BCUT2D eigenvalue weighted by Gasteiger charge is -2.23. The topological polar surface area (TPSA) is 59.4 Å². The van der Waals surface area contributed by atoms with Gasteiger partial charge in [-0.1, -0.05) is 26.0 Å². The van der Waals surface area contributed by atoms with Crippen LogP contribution < -0.4 is 4.74 Å². The number of para-hydroxylation sites is 1. The monoisotopic (exact) mass is 321 g/mol. The predicted octanol–water partition coefficient (Wildman–Crippen LogP) is 4.19. The van der Waals surface area contributed by atoms with E-state index in [1.807, 2.05) is 38.1 Å². The molecule has 2 aromatic rings. The number of carbonyl (C=O) groups is 1. The number of aromatic nitrogens is 1. The predicted molar refractivity (Wildman–Crippen MR) is 83.7 cm³/mol. The maximum Gasteiger partial charge on any atom is 0.347 e. The summed E-state index contributed by atoms with van der Waals surface area (Å²) in [6, 6.07) is 7.88. The molecule has 0 fully saturated rings. The van der Waals surface area contributed by atoms with Crippen molar-refractivity contribution in [1.82, 2.24) is 4.98 Å². The van der Waals surface area contributed by atoms with E-state index in [4.69, 9.17) is 4.74 Å². The summed E-state index contributed by atoms with van der Waals surface area (Å²) in [7, 11) is 0. The van der Waals surface area contributed by atoms with Crippen molar-refractivity contribution in [3.63, 3.8) is 0 Å². The van der Waals surface area contributed by atoms with Crippen LogP contribution in [0.2, 0.25) is 0 Å². The maximum absolute atomic E-state index is 11.3. The number of thioether (sulfide) groups is 1. The Kier molecular flexibility index (Phi) is 3.91. The quantitative estimate of drug-likeness (QED) is 0.918. The summed E-state index contributed by atoms with van der Waals surface area (Å²) in [5.74, 6) is 0.772. The third kappa shape index (κ3) is 2.78. The molecule has 0 saturated heterocycles. The van der Waals surface area contributed by atoms with Crippen molar-refractivity contribution in [2.75, 3.05) is 5.75 Å². The van der Waals surface area contributed by atoms with Crippen LogP contribution in [0.1, 0.15) is 46.2 Å². The number of carboxylic acids is 1. The Morgan fingerprint density at radius 1 is 1.43 bits per heavy atom. The largest absolute Gasteiger partial charge is 0.481 e. The molecule has 0 spiro atoms. The van der Waals surface area contributed by atoms with E-state index in [1.165, 1.54) is 11.3 Å². The summed E-state index contributed by atoms with van der Waals surface area (Å²) in [6.07, 6.45) is -0.180. The van der Waals surface area contributed by atoms with E-state index >= 15 is 0 Å². The van der Waals surface area contributed by atoms with Crippen LogP contribution >= 0.6 is 23.1 Å². The van der Waals surface area contributed by atoms with E-state index in [0.29, 0.717) is 10.6 Å². The van der Waals surface area contributed by atoms with E-state index < -0.39 is 5.97 Å². The minimum Gasteiger partial charge on any atom is -0.481 e. The zero-order valence-electron chi connectivity index (χ0n) is 11.7. The van der Waals surface area contributed by atoms with Gasteiger partial charge in [-0.15, -0.1) is 23.1 Å². The Morgan fingerprint density at radius 3 is 2.86 bits per heavy atom. The average molecular weight is 321 g/mol. The van der Waals surface area contributed by atoms with Crippen LogP contribution in [0, 0.1) is 0 Å². The highest BCUT2D eigenvalue weighted by molar-refractivity contribution is 7.99. The van der Waals surface area contributed by atoms with Gasteiger partial charge in [0.05, 0.1) is 5.69 Å². The summed E-state index contributed by atoms with van der Waals surface area (Å²) in [6.45, 7) is 3.91. The number of thiazole rings is 1. The summed E-state index contributed by atoms with van der Waals surface area (Å²) >= 11 is 2.95. The Hall–Kier alpha value is -1.53. The molecule has 1 aliphatic rings. The van der Waals surface area contributed by atoms with Crippen LogP contribution in [0.3, 0.4) is 0 Å². The van der Waals surface area contributed by atoms with E-state index in [2.05, 4.69) is 4.98 Å². The van der Waals surface area contributed by atoms with Gasteiger partial charge in [0.15, 0.2) is 6.10 Å². The molecule has 1 N–H and O–H groups in total. The molecule has 0 amide bonds. The fraction of sp³-hybridized carbons (Fsp3) is 0.333. The first kappa shape index (κ1) is 14.4. The first-order chi connectivity index (χ1) is 10.1. The van der Waals surface area contributed by atoms with E-state index in [-0.39, 0.29) is 12.0 Å². The number of ether oxygens (including phenoxy) is 1. The number of rotatable bonds is 3. The van der Waals surface area contributed by atoms with E-state index in [0.717, 1.165) is 21.4 Å². The summed E-state index contributed by atoms with van der Waals surface area (Å²) in [5.41, 5.74) is 0.648. The molecule has 6 heteroatoms. The van der Waals surface area contributed by atoms with Gasteiger partial charge < -0.3 is 9.84 Å². The Bertz CT molecular complexity index is 681. The maximum atomic E-state index is 11.3. The average Bonchev–Trinajstić information content (AvgIpc) is 2.92. The van der Waals surface area contributed by atoms with Crippen molar-refractivity contribution in [3.05, 3.63) is 39.8 Å². The Labute approximate surface area is 131 Å². The smallest absolute Gasteiger partial charge is 0.347 e. The van der Waals surface area contributed by atoms with Crippen LogP contribution in [0.4, 0.5) is 0 Å². The highest BCUT2D eigenvalue weighted by Crippen LogP contribution is 2.41. The second-order valence-corrected chi connectivity index (χ2v) is 7.18. The first-order valence-electron chi connectivity index (χ1n) is 6.68. The molecule has 1 atom stereocenters. The van der Waals surface area contributed by atoms with Gasteiger partial charge >= 0.3 is 5.97 Å². The van der Waals surface area contributed by atoms with Crippen molar-refractivity contribution >= 4 is 29.1 Å². The highest BCUT2D eigenvalue weighted by atomic mass is 32.2. The summed E-state index contributed by atoms with van der Waals surface area (Å²) in [5, 5.41) is 10.1. The van der Waals surface area contributed by atoms with Gasteiger partial charge in [0, 0.05) is 10.6 Å². The molecule has 3 rings (SSSR count). The molecule has 1 aromatic heterocycles. The number of hydrogen-bond acceptors (Lipinski definition) is 5. The molecule has 4 nitrogen and oxygen atoms in total. The Morgan fingerprint density at radius 2 is 2.19 bits per heavy atom. The first-order valence-corrected chi connectivity index (χ1v) is 8.49. The SMILES string of the molecule is CC(C)c1nc(C2CSc3ccccc3O2)sc1C(=O)O. The molecule has 1 aliphatic heterocycles. The minimum absolute atomic E-state index is 0.0876. The second-order valence-electron chi connectivity index (χ2n) is 5.09. The number of benzene rings is 1. The van der Waals surface area contributed by atoms with Crippen LogP contribution in [-0.4, -0.2) is 21.8 Å². The lowest BCUT2D eigenvalue weighted by molar-refractivity contribution is 0.0700. The van der Waals surface area contributed by atoms with Gasteiger partial charge in [-0.25, -0.2) is 9.78 Å². The fourth-order valence-electron chi connectivity index (χ4n) is 2.17. The van der Waals surface area contributed by atoms with Crippen molar-refractivity contribution in [1.29, 1.82) is 0 Å². The van der Waals surface area contributed by atoms with Gasteiger partial charge in [0.25, 0.3) is 0 Å². The Balaban J connectivity index is 1.92. The molecule has 0 aliphatic carbocycles. The van der Waals surface area contributed by atoms with Crippen LogP contribution in [0.15, 0.2) is 29.2 Å². The third-order valence-electron chi connectivity index (χ3n) is 3.20. The molecular weight excluding hydrogens is 306 g/mol. The third-order valence-corrected chi connectivity index (χ3v) is 5.46. The summed E-state index contributed by atoms with van der Waals surface area (Å²) < 4.78 is 5.98. The lowest BCUT2D eigenvalue weighted by Crippen LogP contribution is -2.14. The summed E-state index contributed by atoms with van der Waals surface area (Å²) in [4.78, 5) is 17.3. The standard InChI is InChI=1S/C15H15NO3S2/c1-8(2)12-13(15(17)18)21-14(16-12)10-7-20-11-6-4-3-5-9(11)19-10/h3-6,8,10H,7H2,1-2H3,(H,17,18). The zero-order chi connectivity index (χ0) is 15.0. The minimum atomic E-state index is -0.911. The molecule has 0 radical (unpaired) electrons. The number of hydrogen-bond donors (Lipinski definition) is 1. The fourth-order valence-corrected chi connectivity index (χ4v) is 4.36. The van der Waals surface area contributed by atoms with Gasteiger partial charge in [-0.05, 0) is 18.1 Å². The van der Waals surface area contributed by atoms with Crippen LogP contribution in [0.25, 0.3) is 0 Å². The van der Waals surface area contributed by atoms with Gasteiger partial charge in [-0.3, -0.25) is 0 Å². The van der Waals surface area contributed by atoms with Gasteiger partial charge in [0.1, 0.15) is 15.6 Å². The van der Waals surface area contributed by atoms with Crippen molar-refractivity contribution in [2.45, 2.75) is 30.8 Å². The molecule has 2 heterocycles. The van der Waals surface area contributed by atoms with E-state index in [1.54, 1.807) is 11.8 Å². The molecule has 0 saturated carbocycles. The van der Waals surface area contributed by atoms with Gasteiger partial charge in [0.2, 0.25) is 0 Å². The van der Waals surface area contributed by atoms with Crippen LogP contribution in [0.5, 0.6) is 5.75 Å². The number of nitrogens with zero attached hydrogens (tertiary/aromatic N) is 1. The van der Waals surface area contributed by atoms with Crippen LogP contribution in [-0.2, 0) is 0 Å². The normalized spacial score (nSPS) is 17.4. The molecule has 110 valence electrons. The number of aromatic carboxylic acids is 1. The molecule has 21 heavy (non-hydrogen) atoms.